The van der Waals surface area contributed by atoms with Crippen molar-refractivity contribution in [2.24, 2.45) is 5.92 Å². The van der Waals surface area contributed by atoms with Crippen LogP contribution in [0.2, 0.25) is 0 Å². The summed E-state index contributed by atoms with van der Waals surface area (Å²) in [4.78, 5) is 16.7. The van der Waals surface area contributed by atoms with Crippen LogP contribution in [0.25, 0.3) is 10.4 Å². The van der Waals surface area contributed by atoms with E-state index < -0.39 is 0 Å². The van der Waals surface area contributed by atoms with E-state index in [1.54, 1.807) is 12.1 Å². The molecule has 1 amide bonds. The quantitative estimate of drug-likeness (QED) is 0.910. The zero-order valence-corrected chi connectivity index (χ0v) is 15.0. The fourth-order valence-electron chi connectivity index (χ4n) is 3.34. The molecule has 2 heterocycles. The Kier molecular flexibility index (Phi) is 5.31. The van der Waals surface area contributed by atoms with Crippen LogP contribution in [0.1, 0.15) is 28.1 Å². The molecule has 24 heavy (non-hydrogen) atoms. The van der Waals surface area contributed by atoms with Crippen LogP contribution >= 0.6 is 11.3 Å². The number of benzene rings is 1. The maximum absolute atomic E-state index is 13.1. The highest BCUT2D eigenvalue weighted by atomic mass is 32.1. The largest absolute Gasteiger partial charge is 0.338 e. The highest BCUT2D eigenvalue weighted by molar-refractivity contribution is 7.17. The molecule has 1 fully saturated rings. The summed E-state index contributed by atoms with van der Waals surface area (Å²) in [7, 11) is 1.96. The second kappa shape index (κ2) is 7.45. The molecular weight excluding hydrogens is 323 g/mol. The maximum Gasteiger partial charge on any atom is 0.263 e. The zero-order chi connectivity index (χ0) is 17.1. The van der Waals surface area contributed by atoms with Gasteiger partial charge in [-0.25, -0.2) is 4.39 Å². The number of hydrogen-bond acceptors (Lipinski definition) is 3. The van der Waals surface area contributed by atoms with Crippen LogP contribution in [0, 0.1) is 18.7 Å². The first kappa shape index (κ1) is 17.1. The first-order valence-electron chi connectivity index (χ1n) is 8.38. The standard InChI is InChI=1S/C19H23FN2OS/c1-13-10-17(24-18(13)15-5-7-16(20)8-6-15)19(23)22-9-3-4-14(12-22)11-21-2/h5-8,10,14,21H,3-4,9,11-12H2,1-2H3. The van der Waals surface area contributed by atoms with Gasteiger partial charge in [-0.2, -0.15) is 0 Å². The third-order valence-corrected chi connectivity index (χ3v) is 5.81. The Morgan fingerprint density at radius 3 is 2.83 bits per heavy atom. The molecule has 1 unspecified atom stereocenters. The molecule has 5 heteroatoms. The summed E-state index contributed by atoms with van der Waals surface area (Å²) in [6.07, 6.45) is 2.24. The summed E-state index contributed by atoms with van der Waals surface area (Å²) in [5.74, 6) is 0.413. The number of amides is 1. The average Bonchev–Trinajstić information content (AvgIpc) is 2.97. The molecule has 0 radical (unpaired) electrons. The van der Waals surface area contributed by atoms with Crippen molar-refractivity contribution in [1.29, 1.82) is 0 Å². The molecule has 3 nitrogen and oxygen atoms in total. The Bertz CT molecular complexity index is 709. The normalized spacial score (nSPS) is 18.0. The average molecular weight is 346 g/mol. The summed E-state index contributed by atoms with van der Waals surface area (Å²) in [5.41, 5.74) is 2.03. The van der Waals surface area contributed by atoms with E-state index in [-0.39, 0.29) is 11.7 Å². The van der Waals surface area contributed by atoms with Crippen LogP contribution in [-0.4, -0.2) is 37.5 Å². The number of nitrogens with zero attached hydrogens (tertiary/aromatic N) is 1. The highest BCUT2D eigenvalue weighted by Crippen LogP contribution is 2.33. The summed E-state index contributed by atoms with van der Waals surface area (Å²) < 4.78 is 13.1. The van der Waals surface area contributed by atoms with Crippen LogP contribution in [0.5, 0.6) is 0 Å². The van der Waals surface area contributed by atoms with Crippen LogP contribution in [0.3, 0.4) is 0 Å². The first-order valence-corrected chi connectivity index (χ1v) is 9.20. The lowest BCUT2D eigenvalue weighted by Gasteiger charge is -2.32. The second-order valence-corrected chi connectivity index (χ2v) is 7.50. The molecule has 1 aromatic carbocycles. The van der Waals surface area contributed by atoms with Gasteiger partial charge >= 0.3 is 0 Å². The lowest BCUT2D eigenvalue weighted by Crippen LogP contribution is -2.42. The molecule has 1 saturated heterocycles. The molecule has 1 aliphatic heterocycles. The van der Waals surface area contributed by atoms with Gasteiger partial charge in [0, 0.05) is 18.0 Å². The number of likely N-dealkylation sites (tertiary alicyclic amines) is 1. The minimum atomic E-state index is -0.242. The van der Waals surface area contributed by atoms with Gasteiger partial charge in [0.05, 0.1) is 4.88 Å². The fraction of sp³-hybridized carbons (Fsp3) is 0.421. The van der Waals surface area contributed by atoms with Gasteiger partial charge in [0.25, 0.3) is 5.91 Å². The van der Waals surface area contributed by atoms with Crippen molar-refractivity contribution in [3.8, 4) is 10.4 Å². The topological polar surface area (TPSA) is 32.3 Å². The van der Waals surface area contributed by atoms with Crippen molar-refractivity contribution in [2.45, 2.75) is 19.8 Å². The third kappa shape index (κ3) is 3.68. The van der Waals surface area contributed by atoms with Crippen LogP contribution in [0.4, 0.5) is 4.39 Å². The van der Waals surface area contributed by atoms with Gasteiger partial charge in [-0.3, -0.25) is 4.79 Å². The number of thiophene rings is 1. The van der Waals surface area contributed by atoms with Crippen molar-refractivity contribution in [3.63, 3.8) is 0 Å². The molecule has 3 rings (SSSR count). The number of rotatable bonds is 4. The third-order valence-electron chi connectivity index (χ3n) is 4.53. The number of hydrogen-bond donors (Lipinski definition) is 1. The molecule has 2 aromatic rings. The van der Waals surface area contributed by atoms with Crippen molar-refractivity contribution >= 4 is 17.2 Å². The molecule has 1 N–H and O–H groups in total. The number of halogens is 1. The zero-order valence-electron chi connectivity index (χ0n) is 14.1. The Labute approximate surface area is 146 Å². The molecule has 128 valence electrons. The fourth-order valence-corrected chi connectivity index (χ4v) is 4.48. The lowest BCUT2D eigenvalue weighted by molar-refractivity contribution is 0.0679. The van der Waals surface area contributed by atoms with E-state index >= 15 is 0 Å². The van der Waals surface area contributed by atoms with Crippen molar-refractivity contribution in [1.82, 2.24) is 10.2 Å². The van der Waals surface area contributed by atoms with E-state index in [1.165, 1.54) is 29.9 Å². The van der Waals surface area contributed by atoms with E-state index in [0.29, 0.717) is 5.92 Å². The Balaban J connectivity index is 1.78. The van der Waals surface area contributed by atoms with E-state index in [4.69, 9.17) is 0 Å². The molecule has 1 aromatic heterocycles. The van der Waals surface area contributed by atoms with Crippen LogP contribution < -0.4 is 5.32 Å². The van der Waals surface area contributed by atoms with Crippen LogP contribution in [-0.2, 0) is 0 Å². The molecule has 0 bridgehead atoms. The van der Waals surface area contributed by atoms with Crippen molar-refractivity contribution in [3.05, 3.63) is 46.6 Å². The predicted molar refractivity (Wildman–Crippen MR) is 97.0 cm³/mol. The highest BCUT2D eigenvalue weighted by Gasteiger charge is 2.25. The molecule has 0 saturated carbocycles. The van der Waals surface area contributed by atoms with Gasteiger partial charge in [-0.05, 0) is 68.6 Å². The van der Waals surface area contributed by atoms with Crippen molar-refractivity contribution in [2.75, 3.05) is 26.7 Å². The second-order valence-electron chi connectivity index (χ2n) is 6.45. The molecule has 1 aliphatic rings. The molecule has 0 spiro atoms. The Morgan fingerprint density at radius 1 is 1.38 bits per heavy atom. The van der Waals surface area contributed by atoms with Crippen LogP contribution in [0.15, 0.2) is 30.3 Å². The van der Waals surface area contributed by atoms with E-state index in [1.807, 2.05) is 24.9 Å². The molecular formula is C19H23FN2OS. The van der Waals surface area contributed by atoms with Gasteiger partial charge in [-0.15, -0.1) is 11.3 Å². The number of piperidine rings is 1. The van der Waals surface area contributed by atoms with Gasteiger partial charge < -0.3 is 10.2 Å². The van der Waals surface area contributed by atoms with Gasteiger partial charge in [-0.1, -0.05) is 12.1 Å². The molecule has 0 aliphatic carbocycles. The summed E-state index contributed by atoms with van der Waals surface area (Å²) in [5, 5.41) is 3.21. The maximum atomic E-state index is 13.1. The summed E-state index contributed by atoms with van der Waals surface area (Å²) in [6.45, 7) is 4.62. The number of nitrogens with one attached hydrogen (secondary N) is 1. The first-order chi connectivity index (χ1) is 11.6. The smallest absolute Gasteiger partial charge is 0.263 e. The van der Waals surface area contributed by atoms with E-state index in [2.05, 4.69) is 5.32 Å². The van der Waals surface area contributed by atoms with E-state index in [9.17, 15) is 9.18 Å². The van der Waals surface area contributed by atoms with Crippen molar-refractivity contribution < 1.29 is 9.18 Å². The number of carbonyl (C=O) groups excluding carboxylic acids is 1. The Morgan fingerprint density at radius 2 is 2.12 bits per heavy atom. The van der Waals surface area contributed by atoms with Gasteiger partial charge in [0.15, 0.2) is 0 Å². The van der Waals surface area contributed by atoms with E-state index in [0.717, 1.165) is 46.9 Å². The number of carbonyl (C=O) groups is 1. The SMILES string of the molecule is CNCC1CCCN(C(=O)c2cc(C)c(-c3ccc(F)cc3)s2)C1. The van der Waals surface area contributed by atoms with Gasteiger partial charge in [0.1, 0.15) is 5.82 Å². The minimum absolute atomic E-state index is 0.122. The summed E-state index contributed by atoms with van der Waals surface area (Å²) >= 11 is 1.51. The number of aryl methyl sites for hydroxylation is 1. The Hall–Kier alpha value is -1.72. The monoisotopic (exact) mass is 346 g/mol. The predicted octanol–water partition coefficient (Wildman–Crippen LogP) is 3.93. The molecule has 1 atom stereocenters. The van der Waals surface area contributed by atoms with Gasteiger partial charge in [0.2, 0.25) is 0 Å². The lowest BCUT2D eigenvalue weighted by atomic mass is 9.98. The minimum Gasteiger partial charge on any atom is -0.338 e. The summed E-state index contributed by atoms with van der Waals surface area (Å²) in [6, 6.07) is 8.43.